The lowest BCUT2D eigenvalue weighted by atomic mass is 9.97. The zero-order valence-corrected chi connectivity index (χ0v) is 18.5. The van der Waals surface area contributed by atoms with E-state index >= 15 is 0 Å². The molecule has 1 unspecified atom stereocenters. The van der Waals surface area contributed by atoms with Crippen LogP contribution in [0.1, 0.15) is 23.5 Å². The van der Waals surface area contributed by atoms with E-state index in [4.69, 9.17) is 5.10 Å². The fourth-order valence-corrected chi connectivity index (χ4v) is 4.17. The van der Waals surface area contributed by atoms with Crippen LogP contribution in [0, 0.1) is 0 Å². The second kappa shape index (κ2) is 9.58. The van der Waals surface area contributed by atoms with Crippen LogP contribution in [0.15, 0.2) is 97.2 Å². The molecular formula is C28H24N4O2. The molecule has 4 aromatic rings. The molecule has 0 spiro atoms. The third kappa shape index (κ3) is 4.52. The first kappa shape index (κ1) is 21.4. The maximum atomic E-state index is 12.5. The Labute approximate surface area is 197 Å². The van der Waals surface area contributed by atoms with E-state index in [9.17, 15) is 9.59 Å². The van der Waals surface area contributed by atoms with Gasteiger partial charge in [-0.2, -0.15) is 5.10 Å². The summed E-state index contributed by atoms with van der Waals surface area (Å²) in [5.74, 6) is -0.473. The van der Waals surface area contributed by atoms with Crippen molar-refractivity contribution in [2.24, 2.45) is 0 Å². The molecule has 0 fully saturated rings. The largest absolute Gasteiger partial charge is 0.353 e. The van der Waals surface area contributed by atoms with E-state index in [1.165, 1.54) is 6.08 Å². The maximum Gasteiger partial charge on any atom is 0.244 e. The van der Waals surface area contributed by atoms with Gasteiger partial charge in [0.1, 0.15) is 0 Å². The Balaban J connectivity index is 1.28. The van der Waals surface area contributed by atoms with E-state index in [1.54, 1.807) is 6.08 Å². The predicted molar refractivity (Wildman–Crippen MR) is 133 cm³/mol. The van der Waals surface area contributed by atoms with E-state index in [0.717, 1.165) is 33.8 Å². The number of para-hydroxylation sites is 2. The zero-order valence-electron chi connectivity index (χ0n) is 18.5. The van der Waals surface area contributed by atoms with Gasteiger partial charge in [-0.1, -0.05) is 66.7 Å². The molecule has 0 aliphatic carbocycles. The second-order valence-electron chi connectivity index (χ2n) is 8.12. The Kier molecular flexibility index (Phi) is 6.03. The highest BCUT2D eigenvalue weighted by Crippen LogP contribution is 2.33. The highest BCUT2D eigenvalue weighted by Gasteiger charge is 2.29. The fourth-order valence-electron chi connectivity index (χ4n) is 4.17. The summed E-state index contributed by atoms with van der Waals surface area (Å²) in [6.45, 7) is 0.407. The molecular weight excluding hydrogens is 424 g/mol. The molecule has 2 N–H and O–H groups in total. The number of hydrogen-bond acceptors (Lipinski definition) is 3. The van der Waals surface area contributed by atoms with E-state index in [1.807, 2.05) is 95.8 Å². The molecule has 1 aromatic heterocycles. The van der Waals surface area contributed by atoms with Crippen molar-refractivity contribution < 1.29 is 9.59 Å². The number of anilines is 1. The highest BCUT2D eigenvalue weighted by atomic mass is 16.2. The van der Waals surface area contributed by atoms with Crippen LogP contribution in [0.5, 0.6) is 0 Å². The molecule has 0 saturated carbocycles. The number of rotatable bonds is 7. The topological polar surface area (TPSA) is 76.0 Å². The smallest absolute Gasteiger partial charge is 0.244 e. The van der Waals surface area contributed by atoms with Crippen LogP contribution in [0.2, 0.25) is 0 Å². The number of aromatic nitrogens is 2. The van der Waals surface area contributed by atoms with E-state index < -0.39 is 0 Å². The second-order valence-corrected chi connectivity index (χ2v) is 8.12. The van der Waals surface area contributed by atoms with Crippen molar-refractivity contribution in [2.45, 2.75) is 12.3 Å². The molecule has 34 heavy (non-hydrogen) atoms. The summed E-state index contributed by atoms with van der Waals surface area (Å²) in [5, 5.41) is 10.6. The minimum Gasteiger partial charge on any atom is -0.353 e. The molecule has 6 heteroatoms. The molecule has 2 heterocycles. The third-order valence-electron chi connectivity index (χ3n) is 5.87. The minimum absolute atomic E-state index is 0.0215. The van der Waals surface area contributed by atoms with Crippen LogP contribution in [0.3, 0.4) is 0 Å². The molecule has 5 rings (SSSR count). The van der Waals surface area contributed by atoms with Gasteiger partial charge >= 0.3 is 0 Å². The summed E-state index contributed by atoms with van der Waals surface area (Å²) in [7, 11) is 0. The first-order valence-corrected chi connectivity index (χ1v) is 11.3. The molecule has 0 radical (unpaired) electrons. The summed E-state index contributed by atoms with van der Waals surface area (Å²) in [4.78, 5) is 24.8. The summed E-state index contributed by atoms with van der Waals surface area (Å²) in [6, 6.07) is 27.4. The van der Waals surface area contributed by atoms with E-state index in [0.29, 0.717) is 13.0 Å². The maximum absolute atomic E-state index is 12.5. The van der Waals surface area contributed by atoms with Crippen molar-refractivity contribution in [3.63, 3.8) is 0 Å². The first-order valence-electron chi connectivity index (χ1n) is 11.3. The average molecular weight is 449 g/mol. The van der Waals surface area contributed by atoms with Crippen LogP contribution in [-0.2, 0) is 9.59 Å². The van der Waals surface area contributed by atoms with Gasteiger partial charge in [0.15, 0.2) is 0 Å². The molecule has 2 amide bonds. The van der Waals surface area contributed by atoms with Crippen LogP contribution in [-0.4, -0.2) is 28.1 Å². The Morgan fingerprint density at radius 2 is 1.68 bits per heavy atom. The van der Waals surface area contributed by atoms with Crippen molar-refractivity contribution in [3.05, 3.63) is 108 Å². The Morgan fingerprint density at radius 1 is 0.971 bits per heavy atom. The number of nitrogens with one attached hydrogen (secondary N) is 2. The molecule has 1 atom stereocenters. The lowest BCUT2D eigenvalue weighted by Crippen LogP contribution is -2.25. The number of nitrogens with zero attached hydrogens (tertiary/aromatic N) is 2. The van der Waals surface area contributed by atoms with Gasteiger partial charge in [0.05, 0.1) is 17.3 Å². The van der Waals surface area contributed by atoms with Crippen LogP contribution < -0.4 is 10.6 Å². The average Bonchev–Trinajstić information content (AvgIpc) is 3.45. The molecule has 6 nitrogen and oxygen atoms in total. The number of hydrogen-bond donors (Lipinski definition) is 2. The van der Waals surface area contributed by atoms with Gasteiger partial charge in [0.2, 0.25) is 11.8 Å². The SMILES string of the molecule is O=C(/C=C/c1cn(-c2ccccc2)nc1-c1ccccc1)NCCC1C(=O)Nc2ccccc21. The van der Waals surface area contributed by atoms with Crippen molar-refractivity contribution in [1.82, 2.24) is 15.1 Å². The van der Waals surface area contributed by atoms with Gasteiger partial charge < -0.3 is 10.6 Å². The lowest BCUT2D eigenvalue weighted by molar-refractivity contribution is -0.118. The number of carbonyl (C=O) groups excluding carboxylic acids is 2. The number of benzene rings is 3. The Morgan fingerprint density at radius 3 is 2.47 bits per heavy atom. The van der Waals surface area contributed by atoms with Gasteiger partial charge in [0.25, 0.3) is 0 Å². The summed E-state index contributed by atoms with van der Waals surface area (Å²) < 4.78 is 1.82. The number of amides is 2. The van der Waals surface area contributed by atoms with Gasteiger partial charge in [-0.15, -0.1) is 0 Å². The van der Waals surface area contributed by atoms with Crippen LogP contribution >= 0.6 is 0 Å². The van der Waals surface area contributed by atoms with Gasteiger partial charge in [-0.05, 0) is 36.3 Å². The minimum atomic E-state index is -0.241. The van der Waals surface area contributed by atoms with Gasteiger partial charge in [-0.3, -0.25) is 9.59 Å². The van der Waals surface area contributed by atoms with E-state index in [2.05, 4.69) is 10.6 Å². The molecule has 1 aliphatic rings. The van der Waals surface area contributed by atoms with Crippen molar-refractivity contribution in [1.29, 1.82) is 0 Å². The fraction of sp³-hybridized carbons (Fsp3) is 0.107. The monoisotopic (exact) mass is 448 g/mol. The first-order chi connectivity index (χ1) is 16.7. The normalized spacial score (nSPS) is 14.7. The predicted octanol–water partition coefficient (Wildman–Crippen LogP) is 4.79. The Hall–Kier alpha value is -4.45. The van der Waals surface area contributed by atoms with Crippen LogP contribution in [0.4, 0.5) is 5.69 Å². The lowest BCUT2D eigenvalue weighted by Gasteiger charge is -2.08. The van der Waals surface area contributed by atoms with Crippen molar-refractivity contribution in [3.8, 4) is 16.9 Å². The third-order valence-corrected chi connectivity index (χ3v) is 5.87. The molecule has 3 aromatic carbocycles. The van der Waals surface area contributed by atoms with Crippen molar-refractivity contribution >= 4 is 23.6 Å². The standard InChI is InChI=1S/C28H24N4O2/c33-26(29-18-17-24-23-13-7-8-14-25(23)30-28(24)34)16-15-21-19-32(22-11-5-2-6-12-22)31-27(21)20-9-3-1-4-10-20/h1-16,19,24H,17-18H2,(H,29,33)(H,30,34)/b16-15+. The van der Waals surface area contributed by atoms with E-state index in [-0.39, 0.29) is 17.7 Å². The van der Waals surface area contributed by atoms with Gasteiger partial charge in [0, 0.05) is 35.6 Å². The number of carbonyl (C=O) groups is 2. The molecule has 1 aliphatic heterocycles. The summed E-state index contributed by atoms with van der Waals surface area (Å²) >= 11 is 0. The highest BCUT2D eigenvalue weighted by molar-refractivity contribution is 6.02. The summed E-state index contributed by atoms with van der Waals surface area (Å²) in [5.41, 5.74) is 5.40. The number of fused-ring (bicyclic) bond motifs is 1. The quantitative estimate of drug-likeness (QED) is 0.399. The van der Waals surface area contributed by atoms with Crippen molar-refractivity contribution in [2.75, 3.05) is 11.9 Å². The Bertz CT molecular complexity index is 1340. The van der Waals surface area contributed by atoms with Gasteiger partial charge in [-0.25, -0.2) is 4.68 Å². The molecule has 168 valence electrons. The van der Waals surface area contributed by atoms with Crippen LogP contribution in [0.25, 0.3) is 23.0 Å². The molecule has 0 saturated heterocycles. The molecule has 0 bridgehead atoms. The zero-order chi connectivity index (χ0) is 23.3. The summed E-state index contributed by atoms with van der Waals surface area (Å²) in [6.07, 6.45) is 5.76.